The second-order valence-corrected chi connectivity index (χ2v) is 6.73. The van der Waals surface area contributed by atoms with Gasteiger partial charge >= 0.3 is 0 Å². The van der Waals surface area contributed by atoms with Crippen LogP contribution in [0.25, 0.3) is 11.3 Å². The van der Waals surface area contributed by atoms with E-state index in [1.54, 1.807) is 24.0 Å². The van der Waals surface area contributed by atoms with E-state index in [2.05, 4.69) is 5.16 Å². The summed E-state index contributed by atoms with van der Waals surface area (Å²) >= 11 is 0. The molecule has 7 heteroatoms. The molecule has 0 radical (unpaired) electrons. The first-order valence-electron chi connectivity index (χ1n) is 9.47. The molecule has 0 aliphatic carbocycles. The van der Waals surface area contributed by atoms with Gasteiger partial charge in [-0.2, -0.15) is 0 Å². The van der Waals surface area contributed by atoms with Crippen molar-refractivity contribution in [2.75, 3.05) is 19.8 Å². The molecule has 1 aliphatic rings. The fourth-order valence-electron chi connectivity index (χ4n) is 3.38. The Morgan fingerprint density at radius 2 is 1.90 bits per heavy atom. The summed E-state index contributed by atoms with van der Waals surface area (Å²) in [5.41, 5.74) is 2.27. The number of rotatable bonds is 5. The summed E-state index contributed by atoms with van der Waals surface area (Å²) in [4.78, 5) is 15.1. The Labute approximate surface area is 167 Å². The number of nitrogens with zero attached hydrogens (tertiary/aromatic N) is 2. The molecule has 0 fully saturated rings. The molecular weight excluding hydrogens is 375 g/mol. The number of hydrogen-bond acceptors (Lipinski definition) is 5. The maximum absolute atomic E-state index is 13.4. The summed E-state index contributed by atoms with van der Waals surface area (Å²) in [5, 5.41) is 4.04. The lowest BCUT2D eigenvalue weighted by Gasteiger charge is -2.25. The minimum Gasteiger partial charge on any atom is -0.486 e. The minimum absolute atomic E-state index is 0.208. The molecule has 6 nitrogen and oxygen atoms in total. The smallest absolute Gasteiger partial charge is 0.260 e. The van der Waals surface area contributed by atoms with Crippen molar-refractivity contribution in [1.82, 2.24) is 10.1 Å². The summed E-state index contributed by atoms with van der Waals surface area (Å²) in [6.07, 6.45) is 0. The summed E-state index contributed by atoms with van der Waals surface area (Å²) in [6.45, 7) is 5.43. The molecule has 4 rings (SSSR count). The number of halogens is 1. The molecule has 0 atom stereocenters. The van der Waals surface area contributed by atoms with Gasteiger partial charge in [-0.3, -0.25) is 4.79 Å². The Morgan fingerprint density at radius 3 is 2.66 bits per heavy atom. The van der Waals surface area contributed by atoms with Gasteiger partial charge in [-0.15, -0.1) is 0 Å². The van der Waals surface area contributed by atoms with Gasteiger partial charge in [-0.25, -0.2) is 4.39 Å². The fourth-order valence-corrected chi connectivity index (χ4v) is 3.38. The zero-order chi connectivity index (χ0) is 20.4. The van der Waals surface area contributed by atoms with Crippen LogP contribution in [0.3, 0.4) is 0 Å². The molecular formula is C22H21FN2O4. The number of carbonyl (C=O) groups is 1. The first-order chi connectivity index (χ1) is 14.1. The molecule has 0 N–H and O–H groups in total. The van der Waals surface area contributed by atoms with E-state index in [0.29, 0.717) is 60.4 Å². The van der Waals surface area contributed by atoms with Gasteiger partial charge in [-0.1, -0.05) is 17.3 Å². The largest absolute Gasteiger partial charge is 0.486 e. The molecule has 3 aromatic rings. The molecule has 1 aliphatic heterocycles. The highest BCUT2D eigenvalue weighted by Crippen LogP contribution is 2.35. The van der Waals surface area contributed by atoms with Gasteiger partial charge in [0.1, 0.15) is 36.0 Å². The van der Waals surface area contributed by atoms with Gasteiger partial charge < -0.3 is 18.9 Å². The van der Waals surface area contributed by atoms with Crippen molar-refractivity contribution in [2.45, 2.75) is 20.4 Å². The molecule has 0 saturated heterocycles. The minimum atomic E-state index is -0.354. The van der Waals surface area contributed by atoms with Crippen molar-refractivity contribution >= 4 is 5.91 Å². The number of aromatic nitrogens is 1. The van der Waals surface area contributed by atoms with Crippen LogP contribution in [0.5, 0.6) is 11.5 Å². The highest BCUT2D eigenvalue weighted by molar-refractivity contribution is 6.00. The van der Waals surface area contributed by atoms with E-state index in [9.17, 15) is 9.18 Å². The summed E-state index contributed by atoms with van der Waals surface area (Å²) in [7, 11) is 0. The second kappa shape index (κ2) is 7.95. The Bertz CT molecular complexity index is 1030. The highest BCUT2D eigenvalue weighted by Gasteiger charge is 2.27. The van der Waals surface area contributed by atoms with Crippen LogP contribution in [0.4, 0.5) is 4.39 Å². The SMILES string of the molecule is CCN(Cc1cccc2c1OCCO2)C(=O)c1c(-c2ccc(F)cc2)noc1C. The monoisotopic (exact) mass is 396 g/mol. The predicted octanol–water partition coefficient (Wildman–Crippen LogP) is 4.22. The van der Waals surface area contributed by atoms with E-state index in [1.807, 2.05) is 25.1 Å². The van der Waals surface area contributed by atoms with Crippen LogP contribution in [0.1, 0.15) is 28.6 Å². The molecule has 2 heterocycles. The summed E-state index contributed by atoms with van der Waals surface area (Å²) in [6, 6.07) is 11.5. The zero-order valence-electron chi connectivity index (χ0n) is 16.3. The van der Waals surface area contributed by atoms with Crippen LogP contribution in [0.15, 0.2) is 47.0 Å². The normalized spacial score (nSPS) is 12.7. The molecule has 29 heavy (non-hydrogen) atoms. The van der Waals surface area contributed by atoms with E-state index >= 15 is 0 Å². The van der Waals surface area contributed by atoms with E-state index in [0.717, 1.165) is 5.56 Å². The van der Waals surface area contributed by atoms with E-state index in [4.69, 9.17) is 14.0 Å². The number of fused-ring (bicyclic) bond motifs is 1. The number of hydrogen-bond donors (Lipinski definition) is 0. The highest BCUT2D eigenvalue weighted by atomic mass is 19.1. The van der Waals surface area contributed by atoms with Crippen LogP contribution >= 0.6 is 0 Å². The number of para-hydroxylation sites is 1. The predicted molar refractivity (Wildman–Crippen MR) is 104 cm³/mol. The van der Waals surface area contributed by atoms with E-state index in [1.165, 1.54) is 12.1 Å². The maximum Gasteiger partial charge on any atom is 0.260 e. The molecule has 0 spiro atoms. The Kier molecular flexibility index (Phi) is 5.20. The first kappa shape index (κ1) is 19.0. The topological polar surface area (TPSA) is 64.8 Å². The lowest BCUT2D eigenvalue weighted by molar-refractivity contribution is 0.0748. The van der Waals surface area contributed by atoms with Crippen molar-refractivity contribution in [1.29, 1.82) is 0 Å². The average Bonchev–Trinajstić information content (AvgIpc) is 3.13. The Morgan fingerprint density at radius 1 is 1.14 bits per heavy atom. The quantitative estimate of drug-likeness (QED) is 0.646. The fraction of sp³-hybridized carbons (Fsp3) is 0.273. The lowest BCUT2D eigenvalue weighted by atomic mass is 10.0. The van der Waals surface area contributed by atoms with Crippen LogP contribution in [-0.4, -0.2) is 35.7 Å². The lowest BCUT2D eigenvalue weighted by Crippen LogP contribution is -2.31. The van der Waals surface area contributed by atoms with Crippen molar-refractivity contribution in [3.8, 4) is 22.8 Å². The van der Waals surface area contributed by atoms with Crippen molar-refractivity contribution < 1.29 is 23.2 Å². The van der Waals surface area contributed by atoms with Gasteiger partial charge in [0.2, 0.25) is 0 Å². The van der Waals surface area contributed by atoms with Crippen LogP contribution in [0.2, 0.25) is 0 Å². The van der Waals surface area contributed by atoms with Crippen molar-refractivity contribution in [3.63, 3.8) is 0 Å². The van der Waals surface area contributed by atoms with Gasteiger partial charge in [0.05, 0.1) is 0 Å². The number of aryl methyl sites for hydroxylation is 1. The van der Waals surface area contributed by atoms with Gasteiger partial charge in [0, 0.05) is 24.2 Å². The number of ether oxygens (including phenoxy) is 2. The molecule has 0 bridgehead atoms. The second-order valence-electron chi connectivity index (χ2n) is 6.73. The molecule has 2 aromatic carbocycles. The molecule has 0 saturated carbocycles. The van der Waals surface area contributed by atoms with E-state index in [-0.39, 0.29) is 11.7 Å². The number of carbonyl (C=O) groups excluding carboxylic acids is 1. The van der Waals surface area contributed by atoms with Crippen molar-refractivity contribution in [2.24, 2.45) is 0 Å². The van der Waals surface area contributed by atoms with Crippen LogP contribution in [-0.2, 0) is 6.54 Å². The number of benzene rings is 2. The molecule has 0 unspecified atom stereocenters. The standard InChI is InChI=1S/C22H21FN2O4/c1-3-25(13-16-5-4-6-18-21(16)28-12-11-27-18)22(26)19-14(2)29-24-20(19)15-7-9-17(23)10-8-15/h4-10H,3,11-13H2,1-2H3. The zero-order valence-corrected chi connectivity index (χ0v) is 16.3. The molecule has 1 amide bonds. The van der Waals surface area contributed by atoms with Gasteiger partial charge in [0.25, 0.3) is 5.91 Å². The van der Waals surface area contributed by atoms with E-state index < -0.39 is 0 Å². The summed E-state index contributed by atoms with van der Waals surface area (Å²) in [5.74, 6) is 1.21. The Hall–Kier alpha value is -3.35. The van der Waals surface area contributed by atoms with Crippen LogP contribution < -0.4 is 9.47 Å². The Balaban J connectivity index is 1.65. The third-order valence-electron chi connectivity index (χ3n) is 4.87. The summed E-state index contributed by atoms with van der Waals surface area (Å²) < 4.78 is 30.0. The van der Waals surface area contributed by atoms with Crippen LogP contribution in [0, 0.1) is 12.7 Å². The maximum atomic E-state index is 13.4. The molecule has 150 valence electrons. The first-order valence-corrected chi connectivity index (χ1v) is 9.47. The van der Waals surface area contributed by atoms with Gasteiger partial charge in [-0.05, 0) is 44.2 Å². The average molecular weight is 396 g/mol. The third kappa shape index (κ3) is 3.68. The third-order valence-corrected chi connectivity index (χ3v) is 4.87. The number of amides is 1. The van der Waals surface area contributed by atoms with Gasteiger partial charge in [0.15, 0.2) is 11.5 Å². The molecule has 1 aromatic heterocycles. The van der Waals surface area contributed by atoms with Crippen molar-refractivity contribution in [3.05, 3.63) is 65.2 Å².